The molecule has 14 heteroatoms. The van der Waals surface area contributed by atoms with Gasteiger partial charge in [-0.15, -0.1) is 0 Å². The van der Waals surface area contributed by atoms with Gasteiger partial charge in [-0.25, -0.2) is 22.4 Å². The van der Waals surface area contributed by atoms with Gasteiger partial charge in [-0.05, 0) is 32.0 Å². The summed E-state index contributed by atoms with van der Waals surface area (Å²) < 4.78 is 65.3. The number of hydrogen-bond donors (Lipinski definition) is 1. The normalized spacial score (nSPS) is 13.5. The number of benzene rings is 2. The molecule has 1 fully saturated rings. The van der Waals surface area contributed by atoms with Crippen molar-refractivity contribution in [1.82, 2.24) is 9.24 Å². The number of nitrogens with zero attached hydrogens (tertiary/aromatic N) is 3. The standard InChI is InChI=1S/C28H24F4N4O5S/c1-3-34-12-16(25(37)14-9-18(29)21(11-20(14)34)35-5-7-42-8-6-35)27(39)33-36-13-17(28(40)41-4-2)26(38)15-10-19(30)22(31)23(32)24(15)36/h9-13H,3-8H2,1-2H3,(H,33,39). The van der Waals surface area contributed by atoms with Crippen molar-refractivity contribution in [2.75, 3.05) is 41.5 Å². The van der Waals surface area contributed by atoms with Crippen LogP contribution in [0, 0.1) is 23.3 Å². The number of aromatic nitrogens is 2. The van der Waals surface area contributed by atoms with Crippen molar-refractivity contribution < 1.29 is 31.9 Å². The van der Waals surface area contributed by atoms with Crippen molar-refractivity contribution in [1.29, 1.82) is 0 Å². The Hall–Kier alpha value is -4.33. The van der Waals surface area contributed by atoms with Crippen LogP contribution in [0.1, 0.15) is 34.6 Å². The first-order valence-corrected chi connectivity index (χ1v) is 14.1. The number of fused-ring (bicyclic) bond motifs is 2. The number of halogens is 4. The van der Waals surface area contributed by atoms with E-state index in [1.54, 1.807) is 29.3 Å². The number of carbonyl (C=O) groups is 2. The molecule has 3 heterocycles. The highest BCUT2D eigenvalue weighted by Crippen LogP contribution is 2.28. The Bertz CT molecular complexity index is 1890. The molecule has 2 aromatic carbocycles. The molecule has 2 aromatic heterocycles. The fourth-order valence-corrected chi connectivity index (χ4v) is 5.78. The average Bonchev–Trinajstić information content (AvgIpc) is 2.98. The smallest absolute Gasteiger partial charge is 0.343 e. The Morgan fingerprint density at radius 2 is 1.57 bits per heavy atom. The van der Waals surface area contributed by atoms with Crippen LogP contribution < -0.4 is 21.2 Å². The van der Waals surface area contributed by atoms with E-state index in [0.29, 0.717) is 41.2 Å². The molecule has 1 N–H and O–H groups in total. The molecule has 0 unspecified atom stereocenters. The maximum Gasteiger partial charge on any atom is 0.343 e. The van der Waals surface area contributed by atoms with Crippen LogP contribution in [0.3, 0.4) is 0 Å². The number of pyridine rings is 2. The van der Waals surface area contributed by atoms with Crippen LogP contribution in [0.5, 0.6) is 0 Å². The molecule has 0 bridgehead atoms. The monoisotopic (exact) mass is 604 g/mol. The van der Waals surface area contributed by atoms with Crippen molar-refractivity contribution in [3.05, 3.63) is 85.4 Å². The van der Waals surface area contributed by atoms with E-state index >= 15 is 4.39 Å². The van der Waals surface area contributed by atoms with Crippen LogP contribution in [0.4, 0.5) is 23.2 Å². The maximum absolute atomic E-state index is 15.2. The quantitative estimate of drug-likeness (QED) is 0.202. The number of thioether (sulfide) groups is 1. The van der Waals surface area contributed by atoms with Crippen LogP contribution >= 0.6 is 11.8 Å². The largest absolute Gasteiger partial charge is 0.462 e. The van der Waals surface area contributed by atoms with Gasteiger partial charge in [0, 0.05) is 48.9 Å². The number of carbonyl (C=O) groups excluding carboxylic acids is 2. The number of anilines is 1. The molecule has 0 atom stereocenters. The van der Waals surface area contributed by atoms with E-state index in [9.17, 15) is 32.3 Å². The first kappa shape index (κ1) is 29.2. The van der Waals surface area contributed by atoms with Crippen LogP contribution in [0.2, 0.25) is 0 Å². The topological polar surface area (TPSA) is 103 Å². The number of esters is 1. The van der Waals surface area contributed by atoms with E-state index in [4.69, 9.17) is 4.74 Å². The predicted octanol–water partition coefficient (Wildman–Crippen LogP) is 4.01. The Kier molecular flexibility index (Phi) is 7.99. The predicted molar refractivity (Wildman–Crippen MR) is 151 cm³/mol. The minimum absolute atomic E-state index is 0.0894. The third-order valence-electron chi connectivity index (χ3n) is 6.93. The lowest BCUT2D eigenvalue weighted by Gasteiger charge is -2.29. The highest BCUT2D eigenvalue weighted by atomic mass is 32.2. The zero-order valence-corrected chi connectivity index (χ0v) is 23.2. The lowest BCUT2D eigenvalue weighted by atomic mass is 10.1. The minimum atomic E-state index is -1.92. The average molecular weight is 605 g/mol. The van der Waals surface area contributed by atoms with E-state index < -0.39 is 68.0 Å². The minimum Gasteiger partial charge on any atom is -0.462 e. The molecule has 0 spiro atoms. The van der Waals surface area contributed by atoms with Gasteiger partial charge in [0.05, 0.1) is 23.2 Å². The van der Waals surface area contributed by atoms with Crippen LogP contribution in [-0.4, -0.2) is 52.3 Å². The first-order chi connectivity index (χ1) is 20.1. The molecule has 42 heavy (non-hydrogen) atoms. The summed E-state index contributed by atoms with van der Waals surface area (Å²) >= 11 is 1.76. The fraction of sp³-hybridized carbons (Fsp3) is 0.286. The Labute approximate surface area is 239 Å². The van der Waals surface area contributed by atoms with Crippen molar-refractivity contribution >= 4 is 51.1 Å². The molecule has 0 aliphatic carbocycles. The van der Waals surface area contributed by atoms with Gasteiger partial charge in [-0.3, -0.25) is 24.5 Å². The van der Waals surface area contributed by atoms with Gasteiger partial charge in [0.25, 0.3) is 5.91 Å². The van der Waals surface area contributed by atoms with Crippen LogP contribution in [0.25, 0.3) is 21.8 Å². The third-order valence-corrected chi connectivity index (χ3v) is 7.87. The van der Waals surface area contributed by atoms with E-state index in [1.165, 1.54) is 13.1 Å². The van der Waals surface area contributed by atoms with Gasteiger partial charge < -0.3 is 14.2 Å². The van der Waals surface area contributed by atoms with E-state index in [-0.39, 0.29) is 18.5 Å². The van der Waals surface area contributed by atoms with E-state index in [2.05, 4.69) is 5.43 Å². The van der Waals surface area contributed by atoms with Gasteiger partial charge in [-0.2, -0.15) is 11.8 Å². The summed E-state index contributed by atoms with van der Waals surface area (Å²) in [5, 5.41) is -0.846. The Balaban J connectivity index is 1.65. The number of aryl methyl sites for hydroxylation is 1. The Morgan fingerprint density at radius 3 is 2.24 bits per heavy atom. The molecule has 1 amide bonds. The molecule has 0 saturated carbocycles. The van der Waals surface area contributed by atoms with Crippen molar-refractivity contribution in [3.8, 4) is 0 Å². The fourth-order valence-electron chi connectivity index (χ4n) is 4.87. The van der Waals surface area contributed by atoms with Crippen LogP contribution in [-0.2, 0) is 11.3 Å². The SMILES string of the molecule is CCOC(=O)c1cn(NC(=O)c2cn(CC)c3cc(N4CCSCC4)c(F)cc3c2=O)c2c(F)c(F)c(F)cc2c1=O. The number of rotatable bonds is 6. The summed E-state index contributed by atoms with van der Waals surface area (Å²) in [7, 11) is 0. The molecule has 4 aromatic rings. The number of ether oxygens (including phenoxy) is 1. The summed E-state index contributed by atoms with van der Waals surface area (Å²) in [5.74, 6) is -6.73. The number of nitrogens with one attached hydrogen (secondary N) is 1. The molecule has 220 valence electrons. The van der Waals surface area contributed by atoms with Gasteiger partial charge >= 0.3 is 5.97 Å². The molecule has 1 aliphatic rings. The summed E-state index contributed by atoms with van der Waals surface area (Å²) in [5.41, 5.74) is -1.19. The number of amides is 1. The second kappa shape index (κ2) is 11.5. The molecule has 9 nitrogen and oxygen atoms in total. The van der Waals surface area contributed by atoms with Crippen molar-refractivity contribution in [2.45, 2.75) is 20.4 Å². The van der Waals surface area contributed by atoms with Gasteiger partial charge in [0.2, 0.25) is 10.9 Å². The summed E-state index contributed by atoms with van der Waals surface area (Å²) in [4.78, 5) is 54.0. The third kappa shape index (κ3) is 4.99. The molecule has 1 aliphatic heterocycles. The summed E-state index contributed by atoms with van der Waals surface area (Å²) in [6.45, 7) is 4.62. The zero-order valence-electron chi connectivity index (χ0n) is 22.4. The second-order valence-electron chi connectivity index (χ2n) is 9.36. The lowest BCUT2D eigenvalue weighted by molar-refractivity contribution is 0.0524. The molecule has 0 radical (unpaired) electrons. The van der Waals surface area contributed by atoms with Gasteiger partial charge in [-0.1, -0.05) is 0 Å². The molecule has 1 saturated heterocycles. The molecule has 5 rings (SSSR count). The first-order valence-electron chi connectivity index (χ1n) is 13.0. The van der Waals surface area contributed by atoms with Crippen molar-refractivity contribution in [3.63, 3.8) is 0 Å². The number of hydrogen-bond acceptors (Lipinski definition) is 7. The lowest BCUT2D eigenvalue weighted by Crippen LogP contribution is -2.33. The zero-order chi connectivity index (χ0) is 30.3. The van der Waals surface area contributed by atoms with Crippen LogP contribution in [0.15, 0.2) is 40.2 Å². The van der Waals surface area contributed by atoms with E-state index in [0.717, 1.165) is 17.6 Å². The highest BCUT2D eigenvalue weighted by molar-refractivity contribution is 7.99. The van der Waals surface area contributed by atoms with Crippen molar-refractivity contribution in [2.24, 2.45) is 0 Å². The van der Waals surface area contributed by atoms with Gasteiger partial charge in [0.15, 0.2) is 17.5 Å². The summed E-state index contributed by atoms with van der Waals surface area (Å²) in [6, 6.07) is 3.01. The van der Waals surface area contributed by atoms with E-state index in [1.807, 2.05) is 4.90 Å². The molecular weight excluding hydrogens is 580 g/mol. The maximum atomic E-state index is 15.2. The highest BCUT2D eigenvalue weighted by Gasteiger charge is 2.26. The molecular formula is C28H24F4N4O5S. The second-order valence-corrected chi connectivity index (χ2v) is 10.6. The van der Waals surface area contributed by atoms with Gasteiger partial charge in [0.1, 0.15) is 22.5 Å². The Morgan fingerprint density at radius 1 is 0.905 bits per heavy atom. The summed E-state index contributed by atoms with van der Waals surface area (Å²) in [6.07, 6.45) is 1.94.